The van der Waals surface area contributed by atoms with E-state index in [0.29, 0.717) is 25.1 Å². The van der Waals surface area contributed by atoms with Gasteiger partial charge in [-0.15, -0.1) is 0 Å². The third-order valence-electron chi connectivity index (χ3n) is 8.70. The van der Waals surface area contributed by atoms with Crippen LogP contribution in [0.25, 0.3) is 10.8 Å². The van der Waals surface area contributed by atoms with Crippen molar-refractivity contribution in [3.05, 3.63) is 53.2 Å². The monoisotopic (exact) mass is 525 g/mol. The fraction of sp³-hybridized carbons (Fsp3) is 0.516. The van der Waals surface area contributed by atoms with Gasteiger partial charge in [0.2, 0.25) is 0 Å². The lowest BCUT2D eigenvalue weighted by molar-refractivity contribution is 0.187. The molecule has 3 aliphatic rings. The van der Waals surface area contributed by atoms with Crippen molar-refractivity contribution in [2.24, 2.45) is 0 Å². The summed E-state index contributed by atoms with van der Waals surface area (Å²) < 4.78 is 6.29. The normalized spacial score (nSPS) is 22.0. The largest absolute Gasteiger partial charge is 0.462 e. The maximum Gasteiger partial charge on any atom is 0.318 e. The molecule has 3 aliphatic heterocycles. The van der Waals surface area contributed by atoms with Gasteiger partial charge in [-0.05, 0) is 56.8 Å². The number of piperazine rings is 1. The molecular weight excluding hydrogens is 486 g/mol. The lowest BCUT2D eigenvalue weighted by Crippen LogP contribution is -2.51. The number of likely N-dealkylation sites (N-methyl/N-ethyl adjacent to an activating group) is 1. The first kappa shape index (κ1) is 25.8. The van der Waals surface area contributed by atoms with Gasteiger partial charge in [0.05, 0.1) is 18.2 Å². The number of benzene rings is 2. The third kappa shape index (κ3) is 5.39. The fourth-order valence-corrected chi connectivity index (χ4v) is 6.52. The summed E-state index contributed by atoms with van der Waals surface area (Å²) >= 11 is 0. The second-order valence-corrected chi connectivity index (χ2v) is 11.2. The van der Waals surface area contributed by atoms with Crippen LogP contribution in [0.15, 0.2) is 36.4 Å². The van der Waals surface area contributed by atoms with E-state index in [0.717, 1.165) is 70.0 Å². The number of hydrogen-bond donors (Lipinski definition) is 1. The Bertz CT molecular complexity index is 1360. The van der Waals surface area contributed by atoms with Crippen LogP contribution in [0, 0.1) is 18.3 Å². The summed E-state index contributed by atoms with van der Waals surface area (Å²) in [6, 6.07) is 16.6. The van der Waals surface area contributed by atoms with Crippen molar-refractivity contribution in [1.82, 2.24) is 20.2 Å². The molecular formula is C31H39N7O. The molecule has 2 fully saturated rings. The van der Waals surface area contributed by atoms with Crippen molar-refractivity contribution in [2.45, 2.75) is 51.1 Å². The van der Waals surface area contributed by atoms with Crippen molar-refractivity contribution in [3.8, 4) is 12.1 Å². The quantitative estimate of drug-likeness (QED) is 0.522. The minimum Gasteiger partial charge on any atom is -0.462 e. The Labute approximate surface area is 231 Å². The van der Waals surface area contributed by atoms with Gasteiger partial charge in [0.15, 0.2) is 0 Å². The highest BCUT2D eigenvalue weighted by molar-refractivity contribution is 5.96. The molecule has 1 unspecified atom stereocenters. The molecule has 2 aromatic carbocycles. The second kappa shape index (κ2) is 11.4. The van der Waals surface area contributed by atoms with E-state index in [4.69, 9.17) is 14.7 Å². The first-order chi connectivity index (χ1) is 19.1. The zero-order valence-electron chi connectivity index (χ0n) is 23.2. The predicted molar refractivity (Wildman–Crippen MR) is 156 cm³/mol. The summed E-state index contributed by atoms with van der Waals surface area (Å²) in [5.74, 6) is 0.996. The van der Waals surface area contributed by atoms with Crippen LogP contribution >= 0.6 is 0 Å². The number of nitriles is 1. The third-order valence-corrected chi connectivity index (χ3v) is 8.70. The molecule has 204 valence electrons. The molecule has 1 aromatic heterocycles. The fourth-order valence-electron chi connectivity index (χ4n) is 6.52. The zero-order valence-corrected chi connectivity index (χ0v) is 23.2. The number of rotatable bonds is 6. The molecule has 4 heterocycles. The van der Waals surface area contributed by atoms with Gasteiger partial charge < -0.3 is 24.8 Å². The van der Waals surface area contributed by atoms with Crippen molar-refractivity contribution in [2.75, 3.05) is 62.7 Å². The van der Waals surface area contributed by atoms with Gasteiger partial charge in [-0.3, -0.25) is 0 Å². The van der Waals surface area contributed by atoms with Gasteiger partial charge in [-0.2, -0.15) is 15.2 Å². The number of anilines is 2. The van der Waals surface area contributed by atoms with Crippen LogP contribution in [-0.4, -0.2) is 79.9 Å². The summed E-state index contributed by atoms with van der Waals surface area (Å²) in [5.41, 5.74) is 4.94. The lowest BCUT2D eigenvalue weighted by atomic mass is 10.0. The lowest BCUT2D eigenvalue weighted by Gasteiger charge is -2.35. The van der Waals surface area contributed by atoms with Crippen molar-refractivity contribution < 1.29 is 4.74 Å². The molecule has 3 aromatic rings. The Kier molecular flexibility index (Phi) is 7.53. The predicted octanol–water partition coefficient (Wildman–Crippen LogP) is 3.71. The first-order valence-corrected chi connectivity index (χ1v) is 14.4. The Morgan fingerprint density at radius 1 is 1.05 bits per heavy atom. The van der Waals surface area contributed by atoms with Crippen molar-refractivity contribution in [1.29, 1.82) is 5.26 Å². The Morgan fingerprint density at radius 2 is 1.90 bits per heavy atom. The van der Waals surface area contributed by atoms with Gasteiger partial charge in [-0.25, -0.2) is 0 Å². The van der Waals surface area contributed by atoms with Gasteiger partial charge >= 0.3 is 6.01 Å². The highest BCUT2D eigenvalue weighted by atomic mass is 16.5. The SMILES string of the molecule is Cc1cccc2cccc(N3CCc4nc(OC[C@@H]5CCCN5C)nc(N5CCNC(CC#N)C5)c4CC3)c12. The van der Waals surface area contributed by atoms with Crippen LogP contribution in [-0.2, 0) is 12.8 Å². The molecule has 8 heteroatoms. The highest BCUT2D eigenvalue weighted by Gasteiger charge is 2.28. The average Bonchev–Trinajstić information content (AvgIpc) is 3.24. The van der Waals surface area contributed by atoms with Crippen LogP contribution < -0.4 is 19.9 Å². The second-order valence-electron chi connectivity index (χ2n) is 11.2. The van der Waals surface area contributed by atoms with E-state index in [1.807, 2.05) is 0 Å². The maximum absolute atomic E-state index is 9.31. The Morgan fingerprint density at radius 3 is 2.72 bits per heavy atom. The Balaban J connectivity index is 1.31. The number of hydrogen-bond acceptors (Lipinski definition) is 8. The molecule has 0 aliphatic carbocycles. The molecule has 0 amide bonds. The Hall–Kier alpha value is -3.41. The summed E-state index contributed by atoms with van der Waals surface area (Å²) in [4.78, 5) is 17.3. The molecule has 0 radical (unpaired) electrons. The van der Waals surface area contributed by atoms with Crippen LogP contribution in [0.5, 0.6) is 6.01 Å². The van der Waals surface area contributed by atoms with Gasteiger partial charge in [-0.1, -0.05) is 30.3 Å². The zero-order chi connectivity index (χ0) is 26.8. The summed E-state index contributed by atoms with van der Waals surface area (Å²) in [6.45, 7) is 8.24. The molecule has 0 bridgehead atoms. The molecule has 39 heavy (non-hydrogen) atoms. The van der Waals surface area contributed by atoms with E-state index in [1.54, 1.807) is 0 Å². The molecule has 6 rings (SSSR count). The first-order valence-electron chi connectivity index (χ1n) is 14.4. The van der Waals surface area contributed by atoms with Crippen molar-refractivity contribution >= 4 is 22.3 Å². The molecule has 0 saturated carbocycles. The minimum absolute atomic E-state index is 0.145. The number of fused-ring (bicyclic) bond motifs is 2. The summed E-state index contributed by atoms with van der Waals surface area (Å²) in [7, 11) is 2.17. The standard InChI is InChI=1S/C31H39N7O/c1-22-6-3-7-23-8-4-10-28(29(22)23)37-17-12-26-27(13-18-37)34-31(39-21-25-9-5-16-36(25)2)35-30(26)38-19-15-33-24(20-38)11-14-32/h3-4,6-8,10,24-25,33H,5,9,11-13,15-21H2,1-2H3/t24?,25-/m0/s1. The molecule has 2 atom stereocenters. The highest BCUT2D eigenvalue weighted by Crippen LogP contribution is 2.33. The smallest absolute Gasteiger partial charge is 0.318 e. The number of aromatic nitrogens is 2. The summed E-state index contributed by atoms with van der Waals surface area (Å²) in [6.07, 6.45) is 4.59. The molecule has 2 saturated heterocycles. The van der Waals surface area contributed by atoms with E-state index in [-0.39, 0.29) is 6.04 Å². The van der Waals surface area contributed by atoms with Crippen molar-refractivity contribution in [3.63, 3.8) is 0 Å². The molecule has 1 N–H and O–H groups in total. The number of ether oxygens (including phenoxy) is 1. The van der Waals surface area contributed by atoms with E-state index < -0.39 is 0 Å². The van der Waals surface area contributed by atoms with Crippen LogP contribution in [0.2, 0.25) is 0 Å². The number of likely N-dealkylation sites (tertiary alicyclic amines) is 1. The number of aryl methyl sites for hydroxylation is 1. The van der Waals surface area contributed by atoms with Crippen LogP contribution in [0.1, 0.15) is 36.1 Å². The molecule has 0 spiro atoms. The number of nitrogens with zero attached hydrogens (tertiary/aromatic N) is 6. The van der Waals surface area contributed by atoms with Crippen LogP contribution in [0.4, 0.5) is 11.5 Å². The van der Waals surface area contributed by atoms with Gasteiger partial charge in [0.25, 0.3) is 0 Å². The maximum atomic E-state index is 9.31. The van der Waals surface area contributed by atoms with Crippen LogP contribution in [0.3, 0.4) is 0 Å². The van der Waals surface area contributed by atoms with E-state index in [1.165, 1.54) is 34.0 Å². The van der Waals surface area contributed by atoms with E-state index in [9.17, 15) is 5.26 Å². The topological polar surface area (TPSA) is 80.6 Å². The van der Waals surface area contributed by atoms with E-state index >= 15 is 0 Å². The van der Waals surface area contributed by atoms with E-state index in [2.05, 4.69) is 76.5 Å². The summed E-state index contributed by atoms with van der Waals surface area (Å²) in [5, 5.41) is 15.4. The average molecular weight is 526 g/mol. The molecule has 8 nitrogen and oxygen atoms in total. The van der Waals surface area contributed by atoms with Gasteiger partial charge in [0.1, 0.15) is 12.4 Å². The minimum atomic E-state index is 0.145. The number of nitrogens with one attached hydrogen (secondary N) is 1. The van der Waals surface area contributed by atoms with Gasteiger partial charge in [0, 0.05) is 67.9 Å².